The molecule has 1 amide bonds. The third kappa shape index (κ3) is 5.23. The Balaban J connectivity index is 1.77. The third-order valence-corrected chi connectivity index (χ3v) is 3.83. The molecule has 0 aromatic heterocycles. The summed E-state index contributed by atoms with van der Waals surface area (Å²) in [5.74, 6) is 0.469. The summed E-state index contributed by atoms with van der Waals surface area (Å²) in [6, 6.07) is 15.2. The van der Waals surface area contributed by atoms with E-state index in [1.54, 1.807) is 24.3 Å². The van der Waals surface area contributed by atoms with E-state index >= 15 is 0 Å². The number of amides is 1. The van der Waals surface area contributed by atoms with Gasteiger partial charge in [-0.25, -0.2) is 0 Å². The van der Waals surface area contributed by atoms with Crippen LogP contribution in [0.15, 0.2) is 48.5 Å². The van der Waals surface area contributed by atoms with Crippen molar-refractivity contribution in [1.29, 1.82) is 0 Å². The Kier molecular flexibility index (Phi) is 6.13. The molecular formula is C20H24N2O2. The van der Waals surface area contributed by atoms with Gasteiger partial charge in [0.25, 0.3) is 0 Å². The highest BCUT2D eigenvalue weighted by Crippen LogP contribution is 2.17. The summed E-state index contributed by atoms with van der Waals surface area (Å²) in [5.41, 5.74) is 3.65. The van der Waals surface area contributed by atoms with Crippen LogP contribution in [-0.2, 0) is 4.79 Å². The van der Waals surface area contributed by atoms with Gasteiger partial charge in [0.05, 0.1) is 0 Å². The summed E-state index contributed by atoms with van der Waals surface area (Å²) in [7, 11) is 0. The van der Waals surface area contributed by atoms with E-state index < -0.39 is 0 Å². The van der Waals surface area contributed by atoms with Crippen LogP contribution >= 0.6 is 0 Å². The first-order valence-electron chi connectivity index (χ1n) is 8.20. The lowest BCUT2D eigenvalue weighted by molar-refractivity contribution is -0.115. The summed E-state index contributed by atoms with van der Waals surface area (Å²) in [4.78, 5) is 23.2. The predicted octanol–water partition coefficient (Wildman–Crippen LogP) is 4.45. The van der Waals surface area contributed by atoms with Crippen LogP contribution in [-0.4, -0.2) is 18.2 Å². The van der Waals surface area contributed by atoms with E-state index in [0.717, 1.165) is 5.69 Å². The molecule has 0 saturated heterocycles. The van der Waals surface area contributed by atoms with Crippen LogP contribution in [0.1, 0.15) is 49.0 Å². The van der Waals surface area contributed by atoms with E-state index in [9.17, 15) is 9.59 Å². The number of carbonyl (C=O) groups excluding carboxylic acids is 2. The van der Waals surface area contributed by atoms with Crippen LogP contribution in [0, 0.1) is 0 Å². The molecule has 0 saturated carbocycles. The molecule has 0 aliphatic heterocycles. The van der Waals surface area contributed by atoms with Crippen molar-refractivity contribution >= 4 is 23.1 Å². The molecule has 2 aromatic carbocycles. The number of benzene rings is 2. The molecule has 0 spiro atoms. The highest BCUT2D eigenvalue weighted by molar-refractivity contribution is 5.95. The Labute approximate surface area is 143 Å². The fourth-order valence-corrected chi connectivity index (χ4v) is 2.32. The smallest absolute Gasteiger partial charge is 0.226 e. The van der Waals surface area contributed by atoms with Crippen molar-refractivity contribution < 1.29 is 9.59 Å². The van der Waals surface area contributed by atoms with Gasteiger partial charge in [-0.2, -0.15) is 0 Å². The Hall–Kier alpha value is -2.62. The van der Waals surface area contributed by atoms with Gasteiger partial charge in [-0.3, -0.25) is 9.59 Å². The molecule has 0 aliphatic carbocycles. The van der Waals surface area contributed by atoms with Gasteiger partial charge in [-0.1, -0.05) is 26.0 Å². The van der Waals surface area contributed by atoms with Gasteiger partial charge < -0.3 is 10.6 Å². The summed E-state index contributed by atoms with van der Waals surface area (Å²) in [5, 5.41) is 6.07. The molecule has 2 N–H and O–H groups in total. The van der Waals surface area contributed by atoms with Crippen LogP contribution in [0.3, 0.4) is 0 Å². The number of nitrogens with one attached hydrogen (secondary N) is 2. The summed E-state index contributed by atoms with van der Waals surface area (Å²) >= 11 is 0. The average molecular weight is 324 g/mol. The first-order valence-corrected chi connectivity index (χ1v) is 8.20. The molecule has 0 radical (unpaired) electrons. The highest BCUT2D eigenvalue weighted by atomic mass is 16.1. The zero-order valence-electron chi connectivity index (χ0n) is 14.4. The molecular weight excluding hydrogens is 300 g/mol. The SMILES string of the molecule is CC(=O)c1ccc(NC(=O)CCNc2ccc(C(C)C)cc2)cc1. The molecule has 4 nitrogen and oxygen atoms in total. The Morgan fingerprint density at radius 2 is 1.50 bits per heavy atom. The second-order valence-corrected chi connectivity index (χ2v) is 6.14. The minimum Gasteiger partial charge on any atom is -0.385 e. The van der Waals surface area contributed by atoms with Crippen LogP contribution in [0.4, 0.5) is 11.4 Å². The van der Waals surface area contributed by atoms with Crippen LogP contribution in [0.25, 0.3) is 0 Å². The van der Waals surface area contributed by atoms with Crippen molar-refractivity contribution in [3.05, 3.63) is 59.7 Å². The number of rotatable bonds is 7. The van der Waals surface area contributed by atoms with Crippen molar-refractivity contribution in [2.24, 2.45) is 0 Å². The summed E-state index contributed by atoms with van der Waals surface area (Å²) < 4.78 is 0. The molecule has 0 bridgehead atoms. The van der Waals surface area contributed by atoms with Gasteiger partial charge in [0.1, 0.15) is 0 Å². The number of anilines is 2. The first-order chi connectivity index (χ1) is 11.5. The predicted molar refractivity (Wildman–Crippen MR) is 98.7 cm³/mol. The van der Waals surface area contributed by atoms with Crippen molar-refractivity contribution in [2.45, 2.75) is 33.1 Å². The zero-order valence-corrected chi connectivity index (χ0v) is 14.4. The van der Waals surface area contributed by atoms with Gasteiger partial charge in [0, 0.05) is 29.9 Å². The third-order valence-electron chi connectivity index (χ3n) is 3.83. The topological polar surface area (TPSA) is 58.2 Å². The lowest BCUT2D eigenvalue weighted by Gasteiger charge is -2.10. The molecule has 4 heteroatoms. The minimum atomic E-state index is -0.0584. The maximum absolute atomic E-state index is 11.9. The van der Waals surface area contributed by atoms with Crippen LogP contribution in [0.5, 0.6) is 0 Å². The van der Waals surface area contributed by atoms with Gasteiger partial charge >= 0.3 is 0 Å². The molecule has 126 valence electrons. The molecule has 24 heavy (non-hydrogen) atoms. The Bertz CT molecular complexity index is 689. The molecule has 2 aromatic rings. The van der Waals surface area contributed by atoms with Crippen molar-refractivity contribution in [3.8, 4) is 0 Å². The number of carbonyl (C=O) groups is 2. The second kappa shape index (κ2) is 8.29. The van der Waals surface area contributed by atoms with E-state index in [1.165, 1.54) is 12.5 Å². The van der Waals surface area contributed by atoms with Crippen molar-refractivity contribution in [1.82, 2.24) is 0 Å². The van der Waals surface area contributed by atoms with Gasteiger partial charge in [0.2, 0.25) is 5.91 Å². The van der Waals surface area contributed by atoms with E-state index in [0.29, 0.717) is 30.1 Å². The fraction of sp³-hybridized carbons (Fsp3) is 0.300. The lowest BCUT2D eigenvalue weighted by atomic mass is 10.0. The molecule has 0 heterocycles. The normalized spacial score (nSPS) is 10.5. The summed E-state index contributed by atoms with van der Waals surface area (Å²) in [6.45, 7) is 6.41. The average Bonchev–Trinajstić information content (AvgIpc) is 2.55. The van der Waals surface area contributed by atoms with Gasteiger partial charge in [0.15, 0.2) is 5.78 Å². The van der Waals surface area contributed by atoms with E-state index in [4.69, 9.17) is 0 Å². The van der Waals surface area contributed by atoms with Crippen LogP contribution in [0.2, 0.25) is 0 Å². The molecule has 0 atom stereocenters. The van der Waals surface area contributed by atoms with Crippen molar-refractivity contribution in [2.75, 3.05) is 17.2 Å². The number of Topliss-reactive ketones (excluding diaryl/α,β-unsaturated/α-hetero) is 1. The van der Waals surface area contributed by atoms with E-state index in [-0.39, 0.29) is 11.7 Å². The second-order valence-electron chi connectivity index (χ2n) is 6.14. The lowest BCUT2D eigenvalue weighted by Crippen LogP contribution is -2.16. The summed E-state index contributed by atoms with van der Waals surface area (Å²) in [6.07, 6.45) is 0.375. The maximum Gasteiger partial charge on any atom is 0.226 e. The number of hydrogen-bond acceptors (Lipinski definition) is 3. The first kappa shape index (κ1) is 17.7. The molecule has 0 aliphatic rings. The quantitative estimate of drug-likeness (QED) is 0.740. The van der Waals surface area contributed by atoms with Gasteiger partial charge in [-0.05, 0) is 54.8 Å². The van der Waals surface area contributed by atoms with Crippen molar-refractivity contribution in [3.63, 3.8) is 0 Å². The Morgan fingerprint density at radius 1 is 0.917 bits per heavy atom. The maximum atomic E-state index is 11.9. The Morgan fingerprint density at radius 3 is 2.04 bits per heavy atom. The number of ketones is 1. The van der Waals surface area contributed by atoms with E-state index in [2.05, 4.69) is 36.6 Å². The van der Waals surface area contributed by atoms with Gasteiger partial charge in [-0.15, -0.1) is 0 Å². The molecule has 0 unspecified atom stereocenters. The molecule has 2 rings (SSSR count). The van der Waals surface area contributed by atoms with Crippen LogP contribution < -0.4 is 10.6 Å². The number of hydrogen-bond donors (Lipinski definition) is 2. The van der Waals surface area contributed by atoms with E-state index in [1.807, 2.05) is 12.1 Å². The monoisotopic (exact) mass is 324 g/mol. The fourth-order valence-electron chi connectivity index (χ4n) is 2.32. The largest absolute Gasteiger partial charge is 0.385 e. The standard InChI is InChI=1S/C20H24N2O2/c1-14(2)16-4-8-18(9-5-16)21-13-12-20(24)22-19-10-6-17(7-11-19)15(3)23/h4-11,14,21H,12-13H2,1-3H3,(H,22,24). The zero-order chi connectivity index (χ0) is 17.5. The highest BCUT2D eigenvalue weighted by Gasteiger charge is 2.04. The molecule has 0 fully saturated rings. The minimum absolute atomic E-state index is 0.0144.